The summed E-state index contributed by atoms with van der Waals surface area (Å²) in [5, 5.41) is 3.86. The van der Waals surface area contributed by atoms with Crippen molar-refractivity contribution < 1.29 is 17.7 Å². The van der Waals surface area contributed by atoms with E-state index in [9.17, 15) is 13.2 Å². The lowest BCUT2D eigenvalue weighted by Gasteiger charge is -2.22. The number of likely N-dealkylation sites (tertiary alicyclic amines) is 1. The van der Waals surface area contributed by atoms with Gasteiger partial charge in [0.1, 0.15) is 10.9 Å². The Morgan fingerprint density at radius 1 is 1.17 bits per heavy atom. The minimum atomic E-state index is -3.73. The number of hydrogen-bond donors (Lipinski definition) is 1. The van der Waals surface area contributed by atoms with Crippen LogP contribution in [0.4, 0.5) is 0 Å². The average molecular weight is 413 g/mol. The molecule has 3 aromatic rings. The smallest absolute Gasteiger partial charge is 0.249 e. The van der Waals surface area contributed by atoms with E-state index in [2.05, 4.69) is 19.8 Å². The second kappa shape index (κ2) is 8.10. The molecule has 1 fully saturated rings. The molecule has 9 nitrogen and oxygen atoms in total. The molecule has 0 unspecified atom stereocenters. The maximum absolute atomic E-state index is 12.3. The molecule has 1 amide bonds. The van der Waals surface area contributed by atoms with Crippen LogP contribution in [0.1, 0.15) is 36.2 Å². The van der Waals surface area contributed by atoms with Crippen LogP contribution in [0.5, 0.6) is 0 Å². The Kier molecular flexibility index (Phi) is 5.36. The normalized spacial score (nSPS) is 17.0. The van der Waals surface area contributed by atoms with Gasteiger partial charge in [-0.05, 0) is 24.1 Å². The summed E-state index contributed by atoms with van der Waals surface area (Å²) in [6, 6.07) is 12.3. The quantitative estimate of drug-likeness (QED) is 0.627. The Labute approximate surface area is 167 Å². The van der Waals surface area contributed by atoms with Gasteiger partial charge in [-0.1, -0.05) is 35.5 Å². The number of carbonyl (C=O) groups is 1. The van der Waals surface area contributed by atoms with Crippen molar-refractivity contribution in [3.8, 4) is 0 Å². The van der Waals surface area contributed by atoms with E-state index < -0.39 is 10.0 Å². The lowest BCUT2D eigenvalue weighted by atomic mass is 10.2. The summed E-state index contributed by atoms with van der Waals surface area (Å²) in [6.45, 7) is 0.329. The molecule has 0 saturated carbocycles. The first-order valence-electron chi connectivity index (χ1n) is 9.08. The van der Waals surface area contributed by atoms with E-state index in [0.29, 0.717) is 25.3 Å². The van der Waals surface area contributed by atoms with E-state index in [1.165, 1.54) is 18.5 Å². The van der Waals surface area contributed by atoms with Crippen molar-refractivity contribution in [2.75, 3.05) is 0 Å². The molecule has 1 atom stereocenters. The van der Waals surface area contributed by atoms with Gasteiger partial charge in [-0.25, -0.2) is 13.1 Å². The first-order chi connectivity index (χ1) is 14.0. The highest BCUT2D eigenvalue weighted by molar-refractivity contribution is 7.89. The Hall–Kier alpha value is -3.11. The summed E-state index contributed by atoms with van der Waals surface area (Å²) in [7, 11) is -3.73. The molecule has 0 radical (unpaired) electrons. The number of nitrogens with zero attached hydrogens (tertiary/aromatic N) is 4. The van der Waals surface area contributed by atoms with Crippen molar-refractivity contribution in [1.29, 1.82) is 0 Å². The highest BCUT2D eigenvalue weighted by Crippen LogP contribution is 2.33. The number of pyridine rings is 1. The molecule has 0 spiro atoms. The van der Waals surface area contributed by atoms with Crippen molar-refractivity contribution in [3.05, 3.63) is 72.1 Å². The number of aromatic nitrogens is 3. The minimum Gasteiger partial charge on any atom is -0.337 e. The summed E-state index contributed by atoms with van der Waals surface area (Å²) in [5.74, 6) is 0.532. The number of amides is 1. The maximum Gasteiger partial charge on any atom is 0.249 e. The number of nitrogens with one attached hydrogen (secondary N) is 1. The van der Waals surface area contributed by atoms with E-state index in [1.807, 2.05) is 30.3 Å². The van der Waals surface area contributed by atoms with Crippen LogP contribution in [0, 0.1) is 0 Å². The van der Waals surface area contributed by atoms with Gasteiger partial charge in [-0.2, -0.15) is 4.98 Å². The molecule has 1 saturated heterocycles. The zero-order valence-electron chi connectivity index (χ0n) is 15.4. The molecule has 1 aliphatic heterocycles. The first-order valence-corrected chi connectivity index (χ1v) is 10.6. The van der Waals surface area contributed by atoms with E-state index in [-0.39, 0.29) is 29.2 Å². The van der Waals surface area contributed by atoms with Crippen molar-refractivity contribution >= 4 is 15.9 Å². The van der Waals surface area contributed by atoms with Gasteiger partial charge in [0.15, 0.2) is 5.82 Å². The molecule has 1 aromatic carbocycles. The van der Waals surface area contributed by atoms with Crippen LogP contribution >= 0.6 is 0 Å². The number of rotatable bonds is 7. The van der Waals surface area contributed by atoms with Crippen LogP contribution in [0.25, 0.3) is 0 Å². The minimum absolute atomic E-state index is 0.0240. The highest BCUT2D eigenvalue weighted by Gasteiger charge is 2.35. The molecular formula is C19H19N5O4S. The fraction of sp³-hybridized carbons (Fsp3) is 0.263. The summed E-state index contributed by atoms with van der Waals surface area (Å²) in [5.41, 5.74) is 1.01. The first kappa shape index (κ1) is 19.2. The predicted octanol–water partition coefficient (Wildman–Crippen LogP) is 1.81. The maximum atomic E-state index is 12.3. The predicted molar refractivity (Wildman–Crippen MR) is 102 cm³/mol. The van der Waals surface area contributed by atoms with Crippen LogP contribution in [0.15, 0.2) is 64.3 Å². The average Bonchev–Trinajstić information content (AvgIpc) is 3.35. The second-order valence-corrected chi connectivity index (χ2v) is 8.39. The molecule has 0 bridgehead atoms. The third-order valence-electron chi connectivity index (χ3n) is 4.66. The zero-order chi connectivity index (χ0) is 20.3. The Morgan fingerprint density at radius 3 is 2.76 bits per heavy atom. The molecule has 2 aromatic heterocycles. The highest BCUT2D eigenvalue weighted by atomic mass is 32.2. The monoisotopic (exact) mass is 413 g/mol. The molecule has 0 aliphatic carbocycles. The zero-order valence-corrected chi connectivity index (χ0v) is 16.2. The third-order valence-corrected chi connectivity index (χ3v) is 6.04. The van der Waals surface area contributed by atoms with Gasteiger partial charge in [0.25, 0.3) is 0 Å². The summed E-state index contributed by atoms with van der Waals surface area (Å²) in [4.78, 5) is 22.2. The van der Waals surface area contributed by atoms with E-state index >= 15 is 0 Å². The Morgan fingerprint density at radius 2 is 2.00 bits per heavy atom. The topological polar surface area (TPSA) is 118 Å². The lowest BCUT2D eigenvalue weighted by molar-refractivity contribution is -0.129. The van der Waals surface area contributed by atoms with Gasteiger partial charge in [-0.3, -0.25) is 9.78 Å². The van der Waals surface area contributed by atoms with Crippen LogP contribution in [0.3, 0.4) is 0 Å². The standard InChI is InChI=1S/C19H19N5O4S/c25-18-9-8-16(24(18)13-14-5-2-1-3-6-14)19-22-17(23-28-19)12-21-29(26,27)15-7-4-10-20-11-15/h1-7,10-11,16,21H,8-9,12-13H2/t16-/m0/s1. The van der Waals surface area contributed by atoms with Crippen molar-refractivity contribution in [2.45, 2.75) is 36.9 Å². The van der Waals surface area contributed by atoms with Gasteiger partial charge < -0.3 is 9.42 Å². The summed E-state index contributed by atoms with van der Waals surface area (Å²) >= 11 is 0. The number of benzene rings is 1. The molecule has 1 N–H and O–H groups in total. The fourth-order valence-electron chi connectivity index (χ4n) is 3.19. The van der Waals surface area contributed by atoms with Crippen LogP contribution in [-0.2, 0) is 27.9 Å². The molecule has 3 heterocycles. The van der Waals surface area contributed by atoms with Crippen LogP contribution in [0.2, 0.25) is 0 Å². The van der Waals surface area contributed by atoms with Crippen LogP contribution < -0.4 is 4.72 Å². The molecule has 29 heavy (non-hydrogen) atoms. The van der Waals surface area contributed by atoms with Gasteiger partial charge in [0.2, 0.25) is 21.8 Å². The van der Waals surface area contributed by atoms with E-state index in [0.717, 1.165) is 5.56 Å². The van der Waals surface area contributed by atoms with E-state index in [4.69, 9.17) is 4.52 Å². The van der Waals surface area contributed by atoms with Crippen LogP contribution in [-0.4, -0.2) is 34.3 Å². The fourth-order valence-corrected chi connectivity index (χ4v) is 4.14. The van der Waals surface area contributed by atoms with E-state index in [1.54, 1.807) is 11.0 Å². The number of sulfonamides is 1. The van der Waals surface area contributed by atoms with Gasteiger partial charge >= 0.3 is 0 Å². The lowest BCUT2D eigenvalue weighted by Crippen LogP contribution is -2.27. The number of hydrogen-bond acceptors (Lipinski definition) is 7. The third kappa shape index (κ3) is 4.33. The van der Waals surface area contributed by atoms with Gasteiger partial charge in [-0.15, -0.1) is 0 Å². The van der Waals surface area contributed by atoms with Crippen molar-refractivity contribution in [1.82, 2.24) is 24.7 Å². The Balaban J connectivity index is 1.45. The molecule has 150 valence electrons. The summed E-state index contributed by atoms with van der Waals surface area (Å²) < 4.78 is 32.3. The summed E-state index contributed by atoms with van der Waals surface area (Å²) in [6.07, 6.45) is 3.74. The Bertz CT molecular complexity index is 1090. The molecule has 10 heteroatoms. The number of carbonyl (C=O) groups excluding carboxylic acids is 1. The SMILES string of the molecule is O=C1CC[C@@H](c2nc(CNS(=O)(=O)c3cccnc3)no2)N1Cc1ccccc1. The molecular weight excluding hydrogens is 394 g/mol. The molecule has 1 aliphatic rings. The molecule has 4 rings (SSSR count). The van der Waals surface area contributed by atoms with Crippen molar-refractivity contribution in [3.63, 3.8) is 0 Å². The van der Waals surface area contributed by atoms with Crippen molar-refractivity contribution in [2.24, 2.45) is 0 Å². The largest absolute Gasteiger partial charge is 0.337 e. The second-order valence-electron chi connectivity index (χ2n) is 6.62. The van der Waals surface area contributed by atoms with Gasteiger partial charge in [0, 0.05) is 25.4 Å². The van der Waals surface area contributed by atoms with Gasteiger partial charge in [0.05, 0.1) is 6.54 Å².